The molecule has 0 radical (unpaired) electrons. The highest BCUT2D eigenvalue weighted by Crippen LogP contribution is 2.31. The van der Waals surface area contributed by atoms with Gasteiger partial charge in [-0.1, -0.05) is 30.3 Å². The summed E-state index contributed by atoms with van der Waals surface area (Å²) in [6, 6.07) is 9.01. The fourth-order valence-corrected chi connectivity index (χ4v) is 4.24. The molecule has 3 aliphatic heterocycles. The van der Waals surface area contributed by atoms with Gasteiger partial charge in [0.15, 0.2) is 0 Å². The van der Waals surface area contributed by atoms with Gasteiger partial charge >= 0.3 is 6.03 Å². The molecule has 0 saturated carbocycles. The second-order valence-electron chi connectivity index (χ2n) is 7.06. The monoisotopic (exact) mass is 341 g/mol. The molecule has 6 nitrogen and oxygen atoms in total. The average molecular weight is 341 g/mol. The number of fused-ring (bicyclic) bond motifs is 1. The maximum Gasteiger partial charge on any atom is 0.328 e. The van der Waals surface area contributed by atoms with Gasteiger partial charge in [0, 0.05) is 19.6 Å². The summed E-state index contributed by atoms with van der Waals surface area (Å²) >= 11 is 0. The number of nitrogens with zero attached hydrogens (tertiary/aromatic N) is 3. The molecular formula is C19H23N3O3. The van der Waals surface area contributed by atoms with E-state index in [4.69, 9.17) is 0 Å². The van der Waals surface area contributed by atoms with E-state index in [1.54, 1.807) is 9.80 Å². The summed E-state index contributed by atoms with van der Waals surface area (Å²) in [6.45, 7) is 1.93. The molecule has 0 aromatic heterocycles. The van der Waals surface area contributed by atoms with E-state index >= 15 is 0 Å². The maximum absolute atomic E-state index is 12.7. The average Bonchev–Trinajstić information content (AvgIpc) is 3.29. The van der Waals surface area contributed by atoms with Crippen molar-refractivity contribution in [1.29, 1.82) is 0 Å². The summed E-state index contributed by atoms with van der Waals surface area (Å²) in [5.41, 5.74) is 1.26. The second kappa shape index (κ2) is 6.50. The number of hydrogen-bond donors (Lipinski definition) is 0. The van der Waals surface area contributed by atoms with Gasteiger partial charge < -0.3 is 9.80 Å². The lowest BCUT2D eigenvalue weighted by atomic mass is 10.1. The van der Waals surface area contributed by atoms with Gasteiger partial charge in [0.05, 0.1) is 0 Å². The number of aryl methyl sites for hydroxylation is 1. The molecule has 0 unspecified atom stereocenters. The van der Waals surface area contributed by atoms with Gasteiger partial charge in [-0.05, 0) is 37.7 Å². The topological polar surface area (TPSA) is 60.9 Å². The molecule has 25 heavy (non-hydrogen) atoms. The Morgan fingerprint density at radius 2 is 1.72 bits per heavy atom. The SMILES string of the molecule is O=C1[C@H](N2C(=O)[C@@H]3CCCN3C2=O)CCN1CCCc1ccccc1. The Morgan fingerprint density at radius 3 is 2.48 bits per heavy atom. The van der Waals surface area contributed by atoms with Crippen LogP contribution in [0.4, 0.5) is 4.79 Å². The van der Waals surface area contributed by atoms with Crippen LogP contribution in [0.5, 0.6) is 0 Å². The number of amides is 4. The molecule has 0 bridgehead atoms. The van der Waals surface area contributed by atoms with Crippen LogP contribution in [0.15, 0.2) is 30.3 Å². The van der Waals surface area contributed by atoms with Crippen LogP contribution < -0.4 is 0 Å². The first-order valence-electron chi connectivity index (χ1n) is 9.13. The van der Waals surface area contributed by atoms with E-state index in [1.807, 2.05) is 18.2 Å². The van der Waals surface area contributed by atoms with Crippen LogP contribution in [0.25, 0.3) is 0 Å². The van der Waals surface area contributed by atoms with Crippen molar-refractivity contribution in [2.75, 3.05) is 19.6 Å². The molecule has 0 spiro atoms. The zero-order valence-corrected chi connectivity index (χ0v) is 14.3. The summed E-state index contributed by atoms with van der Waals surface area (Å²) in [5.74, 6) is -0.247. The van der Waals surface area contributed by atoms with Gasteiger partial charge in [0.2, 0.25) is 5.91 Å². The van der Waals surface area contributed by atoms with Crippen LogP contribution in [0.2, 0.25) is 0 Å². The maximum atomic E-state index is 12.7. The van der Waals surface area contributed by atoms with E-state index in [0.717, 1.165) is 25.7 Å². The van der Waals surface area contributed by atoms with Crippen molar-refractivity contribution >= 4 is 17.8 Å². The van der Waals surface area contributed by atoms with Crippen molar-refractivity contribution in [3.05, 3.63) is 35.9 Å². The number of hydrogen-bond acceptors (Lipinski definition) is 3. The smallest absolute Gasteiger partial charge is 0.328 e. The van der Waals surface area contributed by atoms with Gasteiger partial charge in [-0.3, -0.25) is 9.59 Å². The molecule has 2 atom stereocenters. The van der Waals surface area contributed by atoms with Crippen LogP contribution >= 0.6 is 0 Å². The van der Waals surface area contributed by atoms with E-state index in [-0.39, 0.29) is 23.9 Å². The van der Waals surface area contributed by atoms with Crippen LogP contribution in [0.1, 0.15) is 31.2 Å². The Morgan fingerprint density at radius 1 is 0.920 bits per heavy atom. The fraction of sp³-hybridized carbons (Fsp3) is 0.526. The predicted molar refractivity (Wildman–Crippen MR) is 91.7 cm³/mol. The number of rotatable bonds is 5. The summed E-state index contributed by atoms with van der Waals surface area (Å²) in [7, 11) is 0. The number of carbonyl (C=O) groups excluding carboxylic acids is 3. The minimum Gasteiger partial charge on any atom is -0.341 e. The normalized spacial score (nSPS) is 26.1. The first kappa shape index (κ1) is 16.1. The summed E-state index contributed by atoms with van der Waals surface area (Å²) in [6.07, 6.45) is 3.97. The molecular weight excluding hydrogens is 318 g/mol. The predicted octanol–water partition coefficient (Wildman–Crippen LogP) is 1.65. The number of benzene rings is 1. The molecule has 4 amide bonds. The Kier molecular flexibility index (Phi) is 4.19. The van der Waals surface area contributed by atoms with Crippen LogP contribution in [0, 0.1) is 0 Å². The third-order valence-corrected chi connectivity index (χ3v) is 5.54. The van der Waals surface area contributed by atoms with Crippen molar-refractivity contribution in [3.8, 4) is 0 Å². The number of imide groups is 1. The molecule has 0 N–H and O–H groups in total. The van der Waals surface area contributed by atoms with Gasteiger partial charge in [-0.25, -0.2) is 9.69 Å². The van der Waals surface area contributed by atoms with Crippen molar-refractivity contribution < 1.29 is 14.4 Å². The number of urea groups is 1. The standard InChI is InChI=1S/C19H23N3O3/c23-17-16(22-18(24)15-9-5-12-21(15)19(22)25)10-13-20(17)11-4-8-14-6-2-1-3-7-14/h1-3,6-7,15-16H,4-5,8-13H2/t15-,16+/m0/s1. The van der Waals surface area contributed by atoms with E-state index in [0.29, 0.717) is 26.1 Å². The molecule has 132 valence electrons. The second-order valence-corrected chi connectivity index (χ2v) is 7.06. The quantitative estimate of drug-likeness (QED) is 0.765. The molecule has 3 saturated heterocycles. The lowest BCUT2D eigenvalue weighted by Gasteiger charge is -2.22. The molecule has 0 aliphatic carbocycles. The fourth-order valence-electron chi connectivity index (χ4n) is 4.24. The highest BCUT2D eigenvalue weighted by molar-refractivity contribution is 6.08. The van der Waals surface area contributed by atoms with E-state index in [9.17, 15) is 14.4 Å². The number of likely N-dealkylation sites (tertiary alicyclic amines) is 1. The Balaban J connectivity index is 1.35. The van der Waals surface area contributed by atoms with Crippen LogP contribution in [0.3, 0.4) is 0 Å². The van der Waals surface area contributed by atoms with Gasteiger partial charge in [-0.15, -0.1) is 0 Å². The first-order chi connectivity index (χ1) is 12.2. The summed E-state index contributed by atoms with van der Waals surface area (Å²) < 4.78 is 0. The lowest BCUT2D eigenvalue weighted by Crippen LogP contribution is -2.46. The third-order valence-electron chi connectivity index (χ3n) is 5.54. The molecule has 3 fully saturated rings. The minimum atomic E-state index is -0.595. The highest BCUT2D eigenvalue weighted by atomic mass is 16.2. The third kappa shape index (κ3) is 2.79. The zero-order valence-electron chi connectivity index (χ0n) is 14.3. The molecule has 1 aromatic rings. The molecule has 3 heterocycles. The molecule has 3 aliphatic rings. The Hall–Kier alpha value is -2.37. The first-order valence-corrected chi connectivity index (χ1v) is 9.13. The van der Waals surface area contributed by atoms with Gasteiger partial charge in [0.1, 0.15) is 12.1 Å². The van der Waals surface area contributed by atoms with Gasteiger partial charge in [0.25, 0.3) is 5.91 Å². The molecule has 1 aromatic carbocycles. The van der Waals surface area contributed by atoms with E-state index in [1.165, 1.54) is 10.5 Å². The van der Waals surface area contributed by atoms with E-state index in [2.05, 4.69) is 12.1 Å². The van der Waals surface area contributed by atoms with E-state index < -0.39 is 6.04 Å². The largest absolute Gasteiger partial charge is 0.341 e. The van der Waals surface area contributed by atoms with Gasteiger partial charge in [-0.2, -0.15) is 0 Å². The van der Waals surface area contributed by atoms with Crippen molar-refractivity contribution in [3.63, 3.8) is 0 Å². The van der Waals surface area contributed by atoms with Crippen molar-refractivity contribution in [2.45, 2.75) is 44.2 Å². The number of carbonyl (C=O) groups is 3. The summed E-state index contributed by atoms with van der Waals surface area (Å²) in [4.78, 5) is 42.4. The lowest BCUT2D eigenvalue weighted by molar-refractivity contribution is -0.138. The van der Waals surface area contributed by atoms with Crippen molar-refractivity contribution in [2.24, 2.45) is 0 Å². The highest BCUT2D eigenvalue weighted by Gasteiger charge is 2.53. The Bertz CT molecular complexity index is 668. The zero-order chi connectivity index (χ0) is 17.4. The summed E-state index contributed by atoms with van der Waals surface area (Å²) in [5, 5.41) is 0. The Labute approximate surface area is 147 Å². The van der Waals surface area contributed by atoms with Crippen LogP contribution in [-0.4, -0.2) is 64.3 Å². The van der Waals surface area contributed by atoms with Crippen molar-refractivity contribution in [1.82, 2.24) is 14.7 Å². The molecule has 6 heteroatoms. The minimum absolute atomic E-state index is 0.0732. The van der Waals surface area contributed by atoms with Crippen LogP contribution in [-0.2, 0) is 16.0 Å². The molecule has 4 rings (SSSR count).